The number of hydrogen-bond donors (Lipinski definition) is 2. The number of aromatic nitrogens is 1. The molecule has 2 heterocycles. The van der Waals surface area contributed by atoms with Crippen molar-refractivity contribution in [1.29, 1.82) is 0 Å². The Kier molecular flexibility index (Phi) is 10.1. The topological polar surface area (TPSA) is 132 Å². The zero-order valence-electron chi connectivity index (χ0n) is 25.7. The third-order valence-corrected chi connectivity index (χ3v) is 10.9. The number of allylic oxidation sites excluding steroid dienone is 2. The highest BCUT2D eigenvalue weighted by atomic mass is 35.5. The van der Waals surface area contributed by atoms with Crippen molar-refractivity contribution < 1.29 is 34.9 Å². The van der Waals surface area contributed by atoms with Crippen LogP contribution in [-0.2, 0) is 26.8 Å². The fraction of sp³-hybridized carbons (Fsp3) is 0.344. The van der Waals surface area contributed by atoms with Gasteiger partial charge in [0.25, 0.3) is 25.8 Å². The highest BCUT2D eigenvalue weighted by Gasteiger charge is 2.33. The number of nitrogens with zero attached hydrogens (tertiary/aromatic N) is 3. The molecule has 0 fully saturated rings. The Morgan fingerprint density at radius 1 is 1.00 bits per heavy atom. The molecule has 3 aromatic carbocycles. The Bertz CT molecular complexity index is 2080. The number of oxazole rings is 1. The molecule has 5 rings (SSSR count). The van der Waals surface area contributed by atoms with Crippen LogP contribution < -0.4 is 14.4 Å². The van der Waals surface area contributed by atoms with Crippen LogP contribution in [0.4, 0.5) is 11.4 Å². The fourth-order valence-electron chi connectivity index (χ4n) is 5.71. The zero-order chi connectivity index (χ0) is 33.4. The normalized spacial score (nSPS) is 15.8. The SMILES string of the molecule is CCC(=Cc1oc2ccc3ccccc3c2[n+]1CCCS(=O)(=O)O)C=C1N(CC)c2cc(Cl)c(Cl)cc2N1CCC(C)S(=O)(=O)O. The maximum atomic E-state index is 11.8. The molecule has 0 spiro atoms. The number of hydrogen-bond acceptors (Lipinski definition) is 7. The number of fused-ring (bicyclic) bond motifs is 4. The van der Waals surface area contributed by atoms with E-state index < -0.39 is 31.2 Å². The molecule has 2 N–H and O–H groups in total. The molecule has 46 heavy (non-hydrogen) atoms. The second-order valence-electron chi connectivity index (χ2n) is 11.2. The predicted molar refractivity (Wildman–Crippen MR) is 184 cm³/mol. The quantitative estimate of drug-likeness (QED) is 0.117. The van der Waals surface area contributed by atoms with Crippen LogP contribution in [0, 0.1) is 0 Å². The summed E-state index contributed by atoms with van der Waals surface area (Å²) in [5, 5.41) is 1.71. The van der Waals surface area contributed by atoms with Crippen molar-refractivity contribution in [2.45, 2.75) is 51.8 Å². The Balaban J connectivity index is 1.64. The van der Waals surface area contributed by atoms with Crippen LogP contribution in [0.15, 0.2) is 70.4 Å². The first-order valence-corrected chi connectivity index (χ1v) is 18.8. The lowest BCUT2D eigenvalue weighted by atomic mass is 10.1. The van der Waals surface area contributed by atoms with Crippen LogP contribution in [-0.4, -0.2) is 50.0 Å². The molecule has 14 heteroatoms. The maximum absolute atomic E-state index is 11.8. The largest absolute Gasteiger partial charge is 0.398 e. The number of rotatable bonds is 12. The lowest BCUT2D eigenvalue weighted by Gasteiger charge is -2.26. The van der Waals surface area contributed by atoms with E-state index in [1.807, 2.05) is 71.9 Å². The number of halogens is 2. The highest BCUT2D eigenvalue weighted by Crippen LogP contribution is 2.46. The van der Waals surface area contributed by atoms with Crippen molar-refractivity contribution in [3.05, 3.63) is 81.9 Å². The number of benzene rings is 3. The molecule has 0 saturated heterocycles. The molecule has 1 atom stereocenters. The Hall–Kier alpha value is -3.13. The van der Waals surface area contributed by atoms with Gasteiger partial charge in [-0.15, -0.1) is 0 Å². The van der Waals surface area contributed by atoms with Crippen LogP contribution in [0.1, 0.15) is 45.9 Å². The zero-order valence-corrected chi connectivity index (χ0v) is 28.8. The molecule has 0 saturated carbocycles. The minimum atomic E-state index is -4.23. The summed E-state index contributed by atoms with van der Waals surface area (Å²) in [6.07, 6.45) is 4.83. The van der Waals surface area contributed by atoms with Gasteiger partial charge in [-0.05, 0) is 68.0 Å². The summed E-state index contributed by atoms with van der Waals surface area (Å²) in [6.45, 7) is 6.59. The van der Waals surface area contributed by atoms with Gasteiger partial charge in [-0.25, -0.2) is 0 Å². The average molecular weight is 710 g/mol. The van der Waals surface area contributed by atoms with Crippen LogP contribution in [0.5, 0.6) is 0 Å². The second-order valence-corrected chi connectivity index (χ2v) is 15.4. The van der Waals surface area contributed by atoms with Gasteiger partial charge < -0.3 is 14.2 Å². The summed E-state index contributed by atoms with van der Waals surface area (Å²) < 4.78 is 74.1. The Labute approximate surface area is 279 Å². The van der Waals surface area contributed by atoms with E-state index in [1.165, 1.54) is 6.92 Å². The molecule has 1 aromatic heterocycles. The average Bonchev–Trinajstić information content (AvgIpc) is 3.48. The van der Waals surface area contributed by atoms with E-state index in [2.05, 4.69) is 4.90 Å². The van der Waals surface area contributed by atoms with Gasteiger partial charge in [-0.2, -0.15) is 21.4 Å². The van der Waals surface area contributed by atoms with E-state index in [0.29, 0.717) is 34.5 Å². The van der Waals surface area contributed by atoms with Crippen LogP contribution >= 0.6 is 23.2 Å². The van der Waals surface area contributed by atoms with Crippen LogP contribution in [0.3, 0.4) is 0 Å². The van der Waals surface area contributed by atoms with Crippen molar-refractivity contribution in [3.63, 3.8) is 0 Å². The molecular weight excluding hydrogens is 673 g/mol. The van der Waals surface area contributed by atoms with Gasteiger partial charge in [-0.3, -0.25) is 9.11 Å². The molecule has 0 aliphatic carbocycles. The molecule has 1 unspecified atom stereocenters. The van der Waals surface area contributed by atoms with Gasteiger partial charge in [0, 0.05) is 19.5 Å². The van der Waals surface area contributed by atoms with E-state index in [1.54, 1.807) is 12.1 Å². The highest BCUT2D eigenvalue weighted by molar-refractivity contribution is 7.86. The molecule has 0 amide bonds. The van der Waals surface area contributed by atoms with Gasteiger partial charge in [-0.1, -0.05) is 54.4 Å². The smallest absolute Gasteiger partial charge is 0.374 e. The monoisotopic (exact) mass is 708 g/mol. The van der Waals surface area contributed by atoms with Crippen LogP contribution in [0.2, 0.25) is 10.0 Å². The molecule has 1 aliphatic heterocycles. The molecule has 1 aliphatic rings. The molecule has 4 aromatic rings. The van der Waals surface area contributed by atoms with Crippen molar-refractivity contribution >= 4 is 82.8 Å². The van der Waals surface area contributed by atoms with E-state index in [9.17, 15) is 25.9 Å². The van der Waals surface area contributed by atoms with Gasteiger partial charge in [0.2, 0.25) is 5.58 Å². The Morgan fingerprint density at radius 3 is 2.30 bits per heavy atom. The lowest BCUT2D eigenvalue weighted by Crippen LogP contribution is -2.36. The van der Waals surface area contributed by atoms with Crippen LogP contribution in [0.25, 0.3) is 27.9 Å². The van der Waals surface area contributed by atoms with E-state index in [0.717, 1.165) is 39.1 Å². The summed E-state index contributed by atoms with van der Waals surface area (Å²) in [5.74, 6) is 0.884. The van der Waals surface area contributed by atoms with E-state index in [4.69, 9.17) is 27.6 Å². The van der Waals surface area contributed by atoms with Gasteiger partial charge in [0.15, 0.2) is 6.54 Å². The summed E-state index contributed by atoms with van der Waals surface area (Å²) in [7, 11) is -8.38. The number of aryl methyl sites for hydroxylation is 1. The standard InChI is InChI=1S/C32H35Cl2N3O7S2/c1-4-22(17-30-35(5-2)27-19-25(33)26(34)20-28(27)36(30)15-13-21(3)46(41,42)43)18-31-37(14-8-16-45(38,39)40)32-24-10-7-6-9-23(24)11-12-29(32)44-31/h6-7,9-12,17-21H,4-5,8,13-16H2,1-3H3,(H-,38,39,40,41,42,43)/p+1. The minimum absolute atomic E-state index is 0.156. The van der Waals surface area contributed by atoms with E-state index >= 15 is 0 Å². The summed E-state index contributed by atoms with van der Waals surface area (Å²) in [5.41, 5.74) is 3.90. The second kappa shape index (κ2) is 13.5. The summed E-state index contributed by atoms with van der Waals surface area (Å²) in [4.78, 5) is 4.03. The van der Waals surface area contributed by atoms with Crippen molar-refractivity contribution in [2.75, 3.05) is 28.6 Å². The predicted octanol–water partition coefficient (Wildman–Crippen LogP) is 7.11. The van der Waals surface area contributed by atoms with E-state index in [-0.39, 0.29) is 25.9 Å². The molecule has 10 nitrogen and oxygen atoms in total. The first-order valence-electron chi connectivity index (χ1n) is 14.9. The first-order chi connectivity index (χ1) is 21.7. The van der Waals surface area contributed by atoms with Crippen molar-refractivity contribution in [2.24, 2.45) is 0 Å². The molecular formula is C32H36Cl2N3O7S2+. The molecule has 0 radical (unpaired) electrons. The van der Waals surface area contributed by atoms with Gasteiger partial charge in [0.1, 0.15) is 5.82 Å². The van der Waals surface area contributed by atoms with Gasteiger partial charge in [0.05, 0.1) is 43.9 Å². The minimum Gasteiger partial charge on any atom is -0.398 e. The first kappa shape index (κ1) is 34.2. The fourth-order valence-corrected chi connectivity index (χ4v) is 6.93. The Morgan fingerprint density at radius 2 is 1.67 bits per heavy atom. The van der Waals surface area contributed by atoms with Gasteiger partial charge >= 0.3 is 5.89 Å². The lowest BCUT2D eigenvalue weighted by molar-refractivity contribution is -0.677. The maximum Gasteiger partial charge on any atom is 0.374 e. The third-order valence-electron chi connectivity index (χ3n) is 8.17. The molecule has 246 valence electrons. The number of anilines is 2. The summed E-state index contributed by atoms with van der Waals surface area (Å²) >= 11 is 12.8. The third kappa shape index (κ3) is 7.22. The summed E-state index contributed by atoms with van der Waals surface area (Å²) in [6, 6.07) is 15.2. The van der Waals surface area contributed by atoms with Crippen molar-refractivity contribution in [1.82, 2.24) is 0 Å². The molecule has 0 bridgehead atoms. The van der Waals surface area contributed by atoms with Crippen molar-refractivity contribution in [3.8, 4) is 0 Å².